The van der Waals surface area contributed by atoms with Gasteiger partial charge in [-0.05, 0) is 42.2 Å². The van der Waals surface area contributed by atoms with Gasteiger partial charge in [0.05, 0.1) is 5.75 Å². The summed E-state index contributed by atoms with van der Waals surface area (Å²) in [5.41, 5.74) is 3.19. The van der Waals surface area contributed by atoms with Gasteiger partial charge in [0.15, 0.2) is 0 Å². The number of halogens is 1. The first-order valence-electron chi connectivity index (χ1n) is 12.0. The lowest BCUT2D eigenvalue weighted by Gasteiger charge is -2.32. The highest BCUT2D eigenvalue weighted by Crippen LogP contribution is 2.20. The van der Waals surface area contributed by atoms with Gasteiger partial charge in [0.25, 0.3) is 0 Å². The van der Waals surface area contributed by atoms with Crippen LogP contribution in [0.4, 0.5) is 0 Å². The minimum absolute atomic E-state index is 0.0360. The first-order valence-corrected chi connectivity index (χ1v) is 13.9. The minimum atomic E-state index is -0.602. The van der Waals surface area contributed by atoms with E-state index in [2.05, 4.69) is 33.4 Å². The van der Waals surface area contributed by atoms with Crippen LogP contribution in [0.2, 0.25) is 0 Å². The second-order valence-electron chi connectivity index (χ2n) is 8.65. The molecule has 1 N–H and O–H groups in total. The summed E-state index contributed by atoms with van der Waals surface area (Å²) in [6, 6.07) is 27.4. The third kappa shape index (κ3) is 8.86. The molecule has 3 aromatic carbocycles. The zero-order valence-electron chi connectivity index (χ0n) is 20.3. The Labute approximate surface area is 221 Å². The van der Waals surface area contributed by atoms with Crippen molar-refractivity contribution in [2.45, 2.75) is 51.1 Å². The molecule has 0 bridgehead atoms. The molecule has 35 heavy (non-hydrogen) atoms. The Kier molecular flexibility index (Phi) is 10.9. The van der Waals surface area contributed by atoms with Gasteiger partial charge in [-0.3, -0.25) is 9.59 Å². The van der Waals surface area contributed by atoms with Crippen molar-refractivity contribution in [3.05, 3.63) is 106 Å². The van der Waals surface area contributed by atoms with Crippen LogP contribution < -0.4 is 5.32 Å². The molecule has 0 saturated carbocycles. The Morgan fingerprint density at radius 2 is 1.54 bits per heavy atom. The summed E-state index contributed by atoms with van der Waals surface area (Å²) in [5, 5.41) is 3.12. The van der Waals surface area contributed by atoms with Crippen molar-refractivity contribution in [1.82, 2.24) is 10.2 Å². The summed E-state index contributed by atoms with van der Waals surface area (Å²) in [6.45, 7) is 4.41. The Morgan fingerprint density at radius 3 is 2.17 bits per heavy atom. The predicted octanol–water partition coefficient (Wildman–Crippen LogP) is 6.24. The summed E-state index contributed by atoms with van der Waals surface area (Å²) in [7, 11) is 0. The number of carbonyl (C=O) groups excluding carboxylic acids is 2. The van der Waals surface area contributed by atoms with E-state index in [9.17, 15) is 9.59 Å². The molecule has 0 radical (unpaired) electrons. The maximum absolute atomic E-state index is 13.6. The lowest BCUT2D eigenvalue weighted by molar-refractivity contribution is -0.139. The van der Waals surface area contributed by atoms with Crippen molar-refractivity contribution < 1.29 is 9.59 Å². The van der Waals surface area contributed by atoms with Gasteiger partial charge >= 0.3 is 0 Å². The Morgan fingerprint density at radius 1 is 0.914 bits per heavy atom. The van der Waals surface area contributed by atoms with Gasteiger partial charge in [0, 0.05) is 29.2 Å². The third-order valence-corrected chi connectivity index (χ3v) is 7.33. The van der Waals surface area contributed by atoms with Crippen LogP contribution in [0.1, 0.15) is 37.0 Å². The minimum Gasteiger partial charge on any atom is -0.352 e. The quantitative estimate of drug-likeness (QED) is 0.289. The molecule has 6 heteroatoms. The summed E-state index contributed by atoms with van der Waals surface area (Å²) >= 11 is 5.11. The fourth-order valence-corrected chi connectivity index (χ4v) is 5.06. The first kappa shape index (κ1) is 27.0. The lowest BCUT2D eigenvalue weighted by atomic mass is 10.0. The molecule has 2 unspecified atom stereocenters. The topological polar surface area (TPSA) is 49.4 Å². The van der Waals surface area contributed by atoms with Crippen molar-refractivity contribution in [2.24, 2.45) is 0 Å². The van der Waals surface area contributed by atoms with E-state index in [0.717, 1.165) is 27.8 Å². The molecule has 2 atom stereocenters. The number of nitrogens with zero attached hydrogens (tertiary/aromatic N) is 1. The van der Waals surface area contributed by atoms with Gasteiger partial charge in [0.2, 0.25) is 11.8 Å². The number of rotatable bonds is 12. The van der Waals surface area contributed by atoms with E-state index in [0.29, 0.717) is 18.7 Å². The maximum atomic E-state index is 13.6. The Hall–Kier alpha value is -2.57. The van der Waals surface area contributed by atoms with Crippen molar-refractivity contribution in [3.63, 3.8) is 0 Å². The average Bonchev–Trinajstić information content (AvgIpc) is 2.87. The molecule has 0 fully saturated rings. The molecule has 2 amide bonds. The molecule has 3 rings (SSSR count). The van der Waals surface area contributed by atoms with E-state index in [1.165, 1.54) is 5.56 Å². The van der Waals surface area contributed by atoms with Crippen molar-refractivity contribution in [3.8, 4) is 0 Å². The first-order chi connectivity index (χ1) is 17.0. The molecule has 0 aliphatic rings. The summed E-state index contributed by atoms with van der Waals surface area (Å²) < 4.78 is 0.949. The number of benzene rings is 3. The maximum Gasteiger partial charge on any atom is 0.243 e. The number of nitrogens with one attached hydrogen (secondary N) is 1. The number of carbonyl (C=O) groups is 2. The molecule has 184 valence electrons. The van der Waals surface area contributed by atoms with E-state index in [1.54, 1.807) is 16.7 Å². The Balaban J connectivity index is 1.86. The highest BCUT2D eigenvalue weighted by molar-refractivity contribution is 9.10. The largest absolute Gasteiger partial charge is 0.352 e. The number of thioether (sulfide) groups is 1. The third-order valence-electron chi connectivity index (χ3n) is 5.85. The van der Waals surface area contributed by atoms with Crippen molar-refractivity contribution in [1.29, 1.82) is 0 Å². The normalized spacial score (nSPS) is 12.5. The standard InChI is InChI=1S/C29H33BrN2O2S/c1-3-22(2)31-29(34)27(18-23-11-6-4-7-12-23)32(19-25-15-10-16-26(30)17-25)28(33)21-35-20-24-13-8-5-9-14-24/h4-17,22,27H,3,18-21H2,1-2H3,(H,31,34). The summed E-state index contributed by atoms with van der Waals surface area (Å²) in [5.74, 6) is 0.913. The van der Waals surface area contributed by atoms with Crippen LogP contribution in [0.25, 0.3) is 0 Å². The number of amides is 2. The van der Waals surface area contributed by atoms with Crippen LogP contribution in [0.15, 0.2) is 89.4 Å². The van der Waals surface area contributed by atoms with Gasteiger partial charge in [-0.2, -0.15) is 0 Å². The molecule has 4 nitrogen and oxygen atoms in total. The molecule has 0 aromatic heterocycles. The second-order valence-corrected chi connectivity index (χ2v) is 10.6. The van der Waals surface area contributed by atoms with Crippen LogP contribution in [0.3, 0.4) is 0 Å². The molecule has 0 aliphatic heterocycles. The highest BCUT2D eigenvalue weighted by Gasteiger charge is 2.30. The van der Waals surface area contributed by atoms with E-state index in [-0.39, 0.29) is 17.9 Å². The molecule has 0 heterocycles. The number of hydrogen-bond donors (Lipinski definition) is 1. The SMILES string of the molecule is CCC(C)NC(=O)C(Cc1ccccc1)N(Cc1cccc(Br)c1)C(=O)CSCc1ccccc1. The summed E-state index contributed by atoms with van der Waals surface area (Å²) in [6.07, 6.45) is 1.29. The zero-order valence-corrected chi connectivity index (χ0v) is 22.7. The second kappa shape index (κ2) is 14.1. The monoisotopic (exact) mass is 552 g/mol. The van der Waals surface area contributed by atoms with Gasteiger partial charge < -0.3 is 10.2 Å². The van der Waals surface area contributed by atoms with Gasteiger partial charge in [0.1, 0.15) is 6.04 Å². The van der Waals surface area contributed by atoms with Crippen LogP contribution in [0, 0.1) is 0 Å². The van der Waals surface area contributed by atoms with Crippen LogP contribution in [-0.4, -0.2) is 34.6 Å². The fourth-order valence-electron chi connectivity index (χ4n) is 3.74. The van der Waals surface area contributed by atoms with Crippen molar-refractivity contribution in [2.75, 3.05) is 5.75 Å². The van der Waals surface area contributed by atoms with Gasteiger partial charge in [-0.1, -0.05) is 95.7 Å². The molecule has 0 aliphatic carbocycles. The highest BCUT2D eigenvalue weighted by atomic mass is 79.9. The van der Waals surface area contributed by atoms with Gasteiger partial charge in [-0.15, -0.1) is 11.8 Å². The molecule has 0 saturated heterocycles. The van der Waals surface area contributed by atoms with Crippen LogP contribution in [0.5, 0.6) is 0 Å². The van der Waals surface area contributed by atoms with E-state index < -0.39 is 6.04 Å². The van der Waals surface area contributed by atoms with E-state index in [1.807, 2.05) is 86.6 Å². The Bertz CT molecular complexity index is 1080. The van der Waals surface area contributed by atoms with Crippen LogP contribution in [-0.2, 0) is 28.3 Å². The average molecular weight is 554 g/mol. The smallest absolute Gasteiger partial charge is 0.243 e. The number of hydrogen-bond acceptors (Lipinski definition) is 3. The lowest BCUT2D eigenvalue weighted by Crippen LogP contribution is -2.52. The molecular weight excluding hydrogens is 520 g/mol. The van der Waals surface area contributed by atoms with Crippen molar-refractivity contribution >= 4 is 39.5 Å². The molecule has 3 aromatic rings. The molecular formula is C29H33BrN2O2S. The predicted molar refractivity (Wildman–Crippen MR) is 149 cm³/mol. The molecule has 0 spiro atoms. The van der Waals surface area contributed by atoms with Crippen LogP contribution >= 0.6 is 27.7 Å². The van der Waals surface area contributed by atoms with Gasteiger partial charge in [-0.25, -0.2) is 0 Å². The fraction of sp³-hybridized carbons (Fsp3) is 0.310. The van der Waals surface area contributed by atoms with E-state index >= 15 is 0 Å². The summed E-state index contributed by atoms with van der Waals surface area (Å²) in [4.78, 5) is 28.9. The zero-order chi connectivity index (χ0) is 25.0. The van der Waals surface area contributed by atoms with E-state index in [4.69, 9.17) is 0 Å².